The number of thioether (sulfide) groups is 1. The molecule has 1 N–H and O–H groups in total. The third-order valence-corrected chi connectivity index (χ3v) is 3.59. The van der Waals surface area contributed by atoms with Gasteiger partial charge in [0.05, 0.1) is 0 Å². The van der Waals surface area contributed by atoms with Crippen LogP contribution in [0.15, 0.2) is 59.5 Å². The molecular formula is C16H19NS. The Balaban J connectivity index is 1.96. The molecule has 0 aliphatic heterocycles. The van der Waals surface area contributed by atoms with Crippen LogP contribution in [0.3, 0.4) is 0 Å². The smallest absolute Gasteiger partial charge is 0.0353 e. The van der Waals surface area contributed by atoms with Gasteiger partial charge in [-0.25, -0.2) is 0 Å². The average molecular weight is 257 g/mol. The predicted molar refractivity (Wildman–Crippen MR) is 81.5 cm³/mol. The summed E-state index contributed by atoms with van der Waals surface area (Å²) < 4.78 is 0. The molecule has 1 unspecified atom stereocenters. The van der Waals surface area contributed by atoms with Crippen LogP contribution >= 0.6 is 11.8 Å². The van der Waals surface area contributed by atoms with Gasteiger partial charge in [0.25, 0.3) is 0 Å². The standard InChI is InChI=1S/C16H19NS/c1-13(11-14-7-4-3-5-8-14)17-15-9-6-10-16(12-15)18-2/h3-10,12-13,17H,11H2,1-2H3. The molecule has 0 aromatic heterocycles. The first-order valence-electron chi connectivity index (χ1n) is 6.22. The molecule has 2 aromatic carbocycles. The summed E-state index contributed by atoms with van der Waals surface area (Å²) in [5.74, 6) is 0. The summed E-state index contributed by atoms with van der Waals surface area (Å²) in [5, 5.41) is 3.55. The van der Waals surface area contributed by atoms with Gasteiger partial charge in [0.15, 0.2) is 0 Å². The van der Waals surface area contributed by atoms with Crippen LogP contribution in [-0.4, -0.2) is 12.3 Å². The number of nitrogens with one attached hydrogen (secondary N) is 1. The van der Waals surface area contributed by atoms with Gasteiger partial charge in [-0.15, -0.1) is 11.8 Å². The van der Waals surface area contributed by atoms with Crippen molar-refractivity contribution in [3.63, 3.8) is 0 Å². The van der Waals surface area contributed by atoms with E-state index in [4.69, 9.17) is 0 Å². The Bertz CT molecular complexity index is 481. The van der Waals surface area contributed by atoms with Crippen molar-refractivity contribution < 1.29 is 0 Å². The molecule has 0 saturated carbocycles. The van der Waals surface area contributed by atoms with E-state index >= 15 is 0 Å². The Hall–Kier alpha value is -1.41. The van der Waals surface area contributed by atoms with Crippen LogP contribution in [0.5, 0.6) is 0 Å². The van der Waals surface area contributed by atoms with Crippen molar-refractivity contribution in [2.24, 2.45) is 0 Å². The molecule has 2 heteroatoms. The zero-order chi connectivity index (χ0) is 12.8. The predicted octanol–water partition coefficient (Wildman–Crippen LogP) is 4.45. The maximum atomic E-state index is 3.55. The zero-order valence-electron chi connectivity index (χ0n) is 10.9. The van der Waals surface area contributed by atoms with Crippen molar-refractivity contribution in [1.29, 1.82) is 0 Å². The fraction of sp³-hybridized carbons (Fsp3) is 0.250. The van der Waals surface area contributed by atoms with Gasteiger partial charge in [-0.1, -0.05) is 36.4 Å². The molecule has 0 aliphatic rings. The average Bonchev–Trinajstić information content (AvgIpc) is 2.40. The summed E-state index contributed by atoms with van der Waals surface area (Å²) in [6.45, 7) is 2.22. The van der Waals surface area contributed by atoms with E-state index in [2.05, 4.69) is 73.1 Å². The van der Waals surface area contributed by atoms with Gasteiger partial charge >= 0.3 is 0 Å². The number of hydrogen-bond acceptors (Lipinski definition) is 2. The van der Waals surface area contributed by atoms with E-state index in [1.54, 1.807) is 11.8 Å². The third-order valence-electron chi connectivity index (χ3n) is 2.87. The fourth-order valence-corrected chi connectivity index (χ4v) is 2.48. The minimum Gasteiger partial charge on any atom is -0.382 e. The molecule has 0 saturated heterocycles. The summed E-state index contributed by atoms with van der Waals surface area (Å²) in [4.78, 5) is 1.30. The van der Waals surface area contributed by atoms with E-state index < -0.39 is 0 Å². The summed E-state index contributed by atoms with van der Waals surface area (Å²) in [6, 6.07) is 19.6. The number of benzene rings is 2. The highest BCUT2D eigenvalue weighted by Crippen LogP contribution is 2.20. The second-order valence-corrected chi connectivity index (χ2v) is 5.35. The topological polar surface area (TPSA) is 12.0 Å². The Kier molecular flexibility index (Phi) is 4.71. The molecule has 0 spiro atoms. The van der Waals surface area contributed by atoms with Crippen LogP contribution < -0.4 is 5.32 Å². The molecule has 0 amide bonds. The van der Waals surface area contributed by atoms with Crippen molar-refractivity contribution in [3.8, 4) is 0 Å². The Labute approximate surface area is 114 Å². The number of rotatable bonds is 5. The lowest BCUT2D eigenvalue weighted by atomic mass is 10.1. The van der Waals surface area contributed by atoms with E-state index in [0.717, 1.165) is 6.42 Å². The van der Waals surface area contributed by atoms with Gasteiger partial charge < -0.3 is 5.32 Å². The molecule has 18 heavy (non-hydrogen) atoms. The lowest BCUT2D eigenvalue weighted by Crippen LogP contribution is -2.17. The van der Waals surface area contributed by atoms with Crippen molar-refractivity contribution in [2.45, 2.75) is 24.3 Å². The van der Waals surface area contributed by atoms with Crippen LogP contribution in [-0.2, 0) is 6.42 Å². The normalized spacial score (nSPS) is 12.1. The first-order chi connectivity index (χ1) is 8.78. The Morgan fingerprint density at radius 1 is 1.06 bits per heavy atom. The number of anilines is 1. The molecular weight excluding hydrogens is 238 g/mol. The molecule has 1 atom stereocenters. The zero-order valence-corrected chi connectivity index (χ0v) is 11.7. The van der Waals surface area contributed by atoms with Gasteiger partial charge in [0.2, 0.25) is 0 Å². The highest BCUT2D eigenvalue weighted by molar-refractivity contribution is 7.98. The van der Waals surface area contributed by atoms with Crippen molar-refractivity contribution in [3.05, 3.63) is 60.2 Å². The van der Waals surface area contributed by atoms with Crippen molar-refractivity contribution in [1.82, 2.24) is 0 Å². The van der Waals surface area contributed by atoms with Crippen LogP contribution in [0.25, 0.3) is 0 Å². The van der Waals surface area contributed by atoms with Crippen LogP contribution in [0, 0.1) is 0 Å². The minimum atomic E-state index is 0.435. The molecule has 1 nitrogen and oxygen atoms in total. The van der Waals surface area contributed by atoms with Crippen LogP contribution in [0.1, 0.15) is 12.5 Å². The maximum absolute atomic E-state index is 3.55. The van der Waals surface area contributed by atoms with Crippen molar-refractivity contribution >= 4 is 17.4 Å². The van der Waals surface area contributed by atoms with E-state index in [9.17, 15) is 0 Å². The molecule has 0 radical (unpaired) electrons. The largest absolute Gasteiger partial charge is 0.382 e. The molecule has 0 aliphatic carbocycles. The second kappa shape index (κ2) is 6.50. The Morgan fingerprint density at radius 2 is 1.83 bits per heavy atom. The summed E-state index contributed by atoms with van der Waals surface area (Å²) >= 11 is 1.77. The number of hydrogen-bond donors (Lipinski definition) is 1. The summed E-state index contributed by atoms with van der Waals surface area (Å²) in [6.07, 6.45) is 3.15. The monoisotopic (exact) mass is 257 g/mol. The van der Waals surface area contributed by atoms with E-state index in [1.165, 1.54) is 16.1 Å². The Morgan fingerprint density at radius 3 is 2.56 bits per heavy atom. The fourth-order valence-electron chi connectivity index (χ4n) is 2.02. The van der Waals surface area contributed by atoms with Crippen LogP contribution in [0.2, 0.25) is 0 Å². The molecule has 0 fully saturated rings. The van der Waals surface area contributed by atoms with Gasteiger partial charge in [-0.3, -0.25) is 0 Å². The minimum absolute atomic E-state index is 0.435. The lowest BCUT2D eigenvalue weighted by molar-refractivity contribution is 0.790. The van der Waals surface area contributed by atoms with Gasteiger partial charge in [0, 0.05) is 16.6 Å². The maximum Gasteiger partial charge on any atom is 0.0353 e. The lowest BCUT2D eigenvalue weighted by Gasteiger charge is -2.15. The molecule has 2 aromatic rings. The van der Waals surface area contributed by atoms with Gasteiger partial charge in [-0.2, -0.15) is 0 Å². The SMILES string of the molecule is CSc1cccc(NC(C)Cc2ccccc2)c1. The first-order valence-corrected chi connectivity index (χ1v) is 7.45. The molecule has 0 heterocycles. The second-order valence-electron chi connectivity index (χ2n) is 4.47. The van der Waals surface area contributed by atoms with Crippen LogP contribution in [0.4, 0.5) is 5.69 Å². The third kappa shape index (κ3) is 3.81. The van der Waals surface area contributed by atoms with Crippen molar-refractivity contribution in [2.75, 3.05) is 11.6 Å². The quantitative estimate of drug-likeness (QED) is 0.794. The summed E-state index contributed by atoms with van der Waals surface area (Å²) in [7, 11) is 0. The van der Waals surface area contributed by atoms with Gasteiger partial charge in [-0.05, 0) is 43.4 Å². The first kappa shape index (κ1) is 13.0. The highest BCUT2D eigenvalue weighted by atomic mass is 32.2. The molecule has 94 valence electrons. The van der Waals surface area contributed by atoms with E-state index in [0.29, 0.717) is 6.04 Å². The van der Waals surface area contributed by atoms with E-state index in [1.807, 2.05) is 0 Å². The highest BCUT2D eigenvalue weighted by Gasteiger charge is 2.03. The van der Waals surface area contributed by atoms with E-state index in [-0.39, 0.29) is 0 Å². The van der Waals surface area contributed by atoms with Gasteiger partial charge in [0.1, 0.15) is 0 Å². The molecule has 0 bridgehead atoms. The summed E-state index contributed by atoms with van der Waals surface area (Å²) in [5.41, 5.74) is 2.57. The molecule has 2 rings (SSSR count).